The van der Waals surface area contributed by atoms with Crippen LogP contribution in [0.3, 0.4) is 0 Å². The molecule has 0 atom stereocenters. The van der Waals surface area contributed by atoms with Gasteiger partial charge in [0.2, 0.25) is 0 Å². The third-order valence-electron chi connectivity index (χ3n) is 4.52. The first-order valence-corrected chi connectivity index (χ1v) is 8.91. The Morgan fingerprint density at radius 1 is 0.963 bits per heavy atom. The molecular weight excluding hydrogens is 362 g/mol. The van der Waals surface area contributed by atoms with Gasteiger partial charge in [0.15, 0.2) is 0 Å². The first kappa shape index (κ1) is 17.2. The number of benzene rings is 2. The lowest BCUT2D eigenvalue weighted by molar-refractivity contribution is 0.0988. The Morgan fingerprint density at radius 3 is 2.44 bits per heavy atom. The Hall–Kier alpha value is -3.18. The summed E-state index contributed by atoms with van der Waals surface area (Å²) in [7, 11) is 0. The Morgan fingerprint density at radius 2 is 1.70 bits per heavy atom. The van der Waals surface area contributed by atoms with Gasteiger partial charge in [-0.25, -0.2) is 0 Å². The summed E-state index contributed by atoms with van der Waals surface area (Å²) >= 11 is 5.86. The van der Waals surface area contributed by atoms with Gasteiger partial charge < -0.3 is 10.2 Å². The van der Waals surface area contributed by atoms with Gasteiger partial charge in [-0.15, -0.1) is 0 Å². The number of carbonyl (C=O) groups excluding carboxylic acids is 2. The summed E-state index contributed by atoms with van der Waals surface area (Å²) < 4.78 is 0. The maximum absolute atomic E-state index is 12.8. The minimum absolute atomic E-state index is 0.0719. The molecule has 2 heterocycles. The van der Waals surface area contributed by atoms with Gasteiger partial charge in [0, 0.05) is 46.5 Å². The highest BCUT2D eigenvalue weighted by Gasteiger charge is 2.26. The number of rotatable bonds is 3. The highest BCUT2D eigenvalue weighted by Crippen LogP contribution is 2.32. The third kappa shape index (κ3) is 3.55. The first-order chi connectivity index (χ1) is 13.1. The SMILES string of the molecule is O=C(Nc1ccc2c(c1)N(C(=O)c1ccncc1)CC2)c1ccc(Cl)cc1. The van der Waals surface area contributed by atoms with E-state index in [0.29, 0.717) is 28.4 Å². The lowest BCUT2D eigenvalue weighted by Gasteiger charge is -2.18. The van der Waals surface area contributed by atoms with Crippen LogP contribution < -0.4 is 10.2 Å². The van der Waals surface area contributed by atoms with Crippen LogP contribution in [-0.4, -0.2) is 23.3 Å². The average molecular weight is 378 g/mol. The third-order valence-corrected chi connectivity index (χ3v) is 4.77. The number of halogens is 1. The van der Waals surface area contributed by atoms with Crippen molar-refractivity contribution in [2.45, 2.75) is 6.42 Å². The van der Waals surface area contributed by atoms with E-state index in [0.717, 1.165) is 17.7 Å². The molecular formula is C21H16ClN3O2. The Bertz CT molecular complexity index is 1000. The molecule has 5 nitrogen and oxygen atoms in total. The molecule has 27 heavy (non-hydrogen) atoms. The standard InChI is InChI=1S/C21H16ClN3O2/c22-17-4-1-15(2-5-17)20(26)24-18-6-3-14-9-12-25(19(14)13-18)21(27)16-7-10-23-11-8-16/h1-8,10-11,13H,9,12H2,(H,24,26). The number of hydrogen-bond donors (Lipinski definition) is 1. The Labute approximate surface area is 161 Å². The van der Waals surface area contributed by atoms with Crippen LogP contribution in [0.5, 0.6) is 0 Å². The number of pyridine rings is 1. The highest BCUT2D eigenvalue weighted by molar-refractivity contribution is 6.30. The van der Waals surface area contributed by atoms with Crippen LogP contribution in [-0.2, 0) is 6.42 Å². The second-order valence-corrected chi connectivity index (χ2v) is 6.68. The zero-order chi connectivity index (χ0) is 18.8. The van der Waals surface area contributed by atoms with Crippen molar-refractivity contribution in [3.8, 4) is 0 Å². The molecule has 0 bridgehead atoms. The minimum atomic E-state index is -0.225. The highest BCUT2D eigenvalue weighted by atomic mass is 35.5. The lowest BCUT2D eigenvalue weighted by atomic mass is 10.1. The molecule has 6 heteroatoms. The fourth-order valence-corrected chi connectivity index (χ4v) is 3.25. The lowest BCUT2D eigenvalue weighted by Crippen LogP contribution is -2.28. The minimum Gasteiger partial charge on any atom is -0.322 e. The maximum atomic E-state index is 12.8. The van der Waals surface area contributed by atoms with E-state index in [1.165, 1.54) is 0 Å². The molecule has 0 fully saturated rings. The Balaban J connectivity index is 1.57. The second kappa shape index (κ2) is 7.21. The molecule has 2 amide bonds. The van der Waals surface area contributed by atoms with Crippen molar-refractivity contribution in [1.82, 2.24) is 4.98 Å². The molecule has 1 aromatic heterocycles. The number of hydrogen-bond acceptors (Lipinski definition) is 3. The van der Waals surface area contributed by atoms with E-state index in [1.54, 1.807) is 53.7 Å². The van der Waals surface area contributed by atoms with Crippen LogP contribution >= 0.6 is 11.6 Å². The van der Waals surface area contributed by atoms with Crippen molar-refractivity contribution in [1.29, 1.82) is 0 Å². The monoisotopic (exact) mass is 377 g/mol. The van der Waals surface area contributed by atoms with Crippen LogP contribution in [0, 0.1) is 0 Å². The van der Waals surface area contributed by atoms with Crippen molar-refractivity contribution in [2.24, 2.45) is 0 Å². The van der Waals surface area contributed by atoms with E-state index >= 15 is 0 Å². The molecule has 1 aliphatic rings. The smallest absolute Gasteiger partial charge is 0.258 e. The van der Waals surface area contributed by atoms with Gasteiger partial charge in [0.1, 0.15) is 0 Å². The predicted octanol–water partition coefficient (Wildman–Crippen LogP) is 4.19. The molecule has 0 saturated carbocycles. The largest absolute Gasteiger partial charge is 0.322 e. The summed E-state index contributed by atoms with van der Waals surface area (Å²) in [6.07, 6.45) is 4.00. The number of amides is 2. The maximum Gasteiger partial charge on any atom is 0.258 e. The molecule has 1 aliphatic heterocycles. The molecule has 134 valence electrons. The van der Waals surface area contributed by atoms with E-state index < -0.39 is 0 Å². The molecule has 0 spiro atoms. The molecule has 0 saturated heterocycles. The van der Waals surface area contributed by atoms with E-state index in [9.17, 15) is 9.59 Å². The summed E-state index contributed by atoms with van der Waals surface area (Å²) in [6.45, 7) is 0.616. The molecule has 0 radical (unpaired) electrons. The van der Waals surface area contributed by atoms with Gasteiger partial charge in [0.05, 0.1) is 0 Å². The van der Waals surface area contributed by atoms with E-state index in [2.05, 4.69) is 10.3 Å². The van der Waals surface area contributed by atoms with Crippen LogP contribution in [0.2, 0.25) is 5.02 Å². The van der Waals surface area contributed by atoms with Gasteiger partial charge in [-0.05, 0) is 60.5 Å². The molecule has 2 aromatic carbocycles. The van der Waals surface area contributed by atoms with E-state index in [-0.39, 0.29) is 11.8 Å². The van der Waals surface area contributed by atoms with Crippen LogP contribution in [0.1, 0.15) is 26.3 Å². The summed E-state index contributed by atoms with van der Waals surface area (Å²) in [5.41, 5.74) is 3.66. The van der Waals surface area contributed by atoms with Crippen molar-refractivity contribution >= 4 is 34.8 Å². The first-order valence-electron chi connectivity index (χ1n) is 8.53. The summed E-state index contributed by atoms with van der Waals surface area (Å²) in [5.74, 6) is -0.297. The summed E-state index contributed by atoms with van der Waals surface area (Å²) in [4.78, 5) is 30.9. The molecule has 0 unspecified atom stereocenters. The van der Waals surface area contributed by atoms with Crippen molar-refractivity contribution in [3.05, 3.63) is 88.7 Å². The number of carbonyl (C=O) groups is 2. The molecule has 0 aliphatic carbocycles. The van der Waals surface area contributed by atoms with Crippen LogP contribution in [0.15, 0.2) is 67.0 Å². The van der Waals surface area contributed by atoms with Crippen molar-refractivity contribution < 1.29 is 9.59 Å². The van der Waals surface area contributed by atoms with Gasteiger partial charge in [-0.3, -0.25) is 14.6 Å². The van der Waals surface area contributed by atoms with Crippen LogP contribution in [0.4, 0.5) is 11.4 Å². The fraction of sp³-hybridized carbons (Fsp3) is 0.0952. The summed E-state index contributed by atoms with van der Waals surface area (Å²) in [6, 6.07) is 15.7. The zero-order valence-corrected chi connectivity index (χ0v) is 15.1. The fourth-order valence-electron chi connectivity index (χ4n) is 3.12. The number of nitrogens with zero attached hydrogens (tertiary/aromatic N) is 2. The quantitative estimate of drug-likeness (QED) is 0.744. The molecule has 3 aromatic rings. The Kier molecular flexibility index (Phi) is 4.60. The van der Waals surface area contributed by atoms with E-state index in [4.69, 9.17) is 11.6 Å². The van der Waals surface area contributed by atoms with Gasteiger partial charge in [-0.2, -0.15) is 0 Å². The number of aromatic nitrogens is 1. The number of anilines is 2. The predicted molar refractivity (Wildman–Crippen MR) is 105 cm³/mol. The van der Waals surface area contributed by atoms with Gasteiger partial charge in [-0.1, -0.05) is 17.7 Å². The summed E-state index contributed by atoms with van der Waals surface area (Å²) in [5, 5.41) is 3.45. The number of fused-ring (bicyclic) bond motifs is 1. The molecule has 1 N–H and O–H groups in total. The van der Waals surface area contributed by atoms with Gasteiger partial charge >= 0.3 is 0 Å². The average Bonchev–Trinajstić information content (AvgIpc) is 3.12. The second-order valence-electron chi connectivity index (χ2n) is 6.25. The molecule has 4 rings (SSSR count). The normalized spacial score (nSPS) is 12.6. The van der Waals surface area contributed by atoms with Crippen molar-refractivity contribution in [3.63, 3.8) is 0 Å². The number of nitrogens with one attached hydrogen (secondary N) is 1. The zero-order valence-electron chi connectivity index (χ0n) is 14.4. The van der Waals surface area contributed by atoms with Crippen LogP contribution in [0.25, 0.3) is 0 Å². The van der Waals surface area contributed by atoms with E-state index in [1.807, 2.05) is 18.2 Å². The topological polar surface area (TPSA) is 62.3 Å². The van der Waals surface area contributed by atoms with Gasteiger partial charge in [0.25, 0.3) is 11.8 Å². The van der Waals surface area contributed by atoms with Crippen molar-refractivity contribution in [2.75, 3.05) is 16.8 Å².